The van der Waals surface area contributed by atoms with E-state index in [4.69, 9.17) is 4.74 Å². The summed E-state index contributed by atoms with van der Waals surface area (Å²) in [4.78, 5) is 10.8. The third kappa shape index (κ3) is 8.82. The maximum atomic E-state index is 10.8. The van der Waals surface area contributed by atoms with Gasteiger partial charge in [0.1, 0.15) is 6.61 Å². The van der Waals surface area contributed by atoms with E-state index >= 15 is 0 Å². The molecule has 0 saturated heterocycles. The van der Waals surface area contributed by atoms with Crippen molar-refractivity contribution in [2.45, 2.75) is 21.9 Å². The molecule has 5 heteroatoms. The zero-order chi connectivity index (χ0) is 8.91. The van der Waals surface area contributed by atoms with Crippen LogP contribution in [0.15, 0.2) is 0 Å². The topological polar surface area (TPSA) is 26.3 Å². The first-order chi connectivity index (χ1) is 4.95. The molecule has 2 nitrogen and oxygen atoms in total. The zero-order valence-electron chi connectivity index (χ0n) is 6.07. The van der Waals surface area contributed by atoms with E-state index in [1.54, 1.807) is 0 Å². The normalized spacial score (nSPS) is 11.3. The van der Waals surface area contributed by atoms with Crippen LogP contribution in [0.2, 0.25) is 0 Å². The van der Waals surface area contributed by atoms with E-state index in [1.165, 1.54) is 0 Å². The molecular weight excluding hydrogens is 344 g/mol. The standard InChI is InChI=1S/C6H9Br3O2/c1-2-3-5(10)11-4-6(7,8)9/h2-4H2,1H3. The Morgan fingerprint density at radius 2 is 2.00 bits per heavy atom. The average molecular weight is 353 g/mol. The van der Waals surface area contributed by atoms with Gasteiger partial charge in [0.25, 0.3) is 0 Å². The van der Waals surface area contributed by atoms with E-state index in [1.807, 2.05) is 6.92 Å². The van der Waals surface area contributed by atoms with Gasteiger partial charge in [-0.1, -0.05) is 54.7 Å². The number of ether oxygens (including phenoxy) is 1. The smallest absolute Gasteiger partial charge is 0.305 e. The first-order valence-electron chi connectivity index (χ1n) is 3.18. The predicted molar refractivity (Wildman–Crippen MR) is 55.4 cm³/mol. The minimum absolute atomic E-state index is 0.171. The molecule has 66 valence electrons. The second kappa shape index (κ2) is 5.54. The SMILES string of the molecule is CCCC(=O)OCC(Br)(Br)Br. The average Bonchev–Trinajstić information content (AvgIpc) is 1.83. The Bertz CT molecular complexity index is 130. The summed E-state index contributed by atoms with van der Waals surface area (Å²) in [6.07, 6.45) is 1.29. The van der Waals surface area contributed by atoms with Crippen molar-refractivity contribution in [3.05, 3.63) is 0 Å². The molecule has 0 aliphatic carbocycles. The number of carbonyl (C=O) groups excluding carboxylic acids is 1. The lowest BCUT2D eigenvalue weighted by molar-refractivity contribution is -0.143. The van der Waals surface area contributed by atoms with Gasteiger partial charge in [0, 0.05) is 6.42 Å². The molecule has 0 spiro atoms. The summed E-state index contributed by atoms with van der Waals surface area (Å²) in [6, 6.07) is 0. The molecule has 0 atom stereocenters. The summed E-state index contributed by atoms with van der Waals surface area (Å²) in [5.41, 5.74) is 0. The van der Waals surface area contributed by atoms with Crippen LogP contribution in [0.3, 0.4) is 0 Å². The Morgan fingerprint density at radius 3 is 2.36 bits per heavy atom. The lowest BCUT2D eigenvalue weighted by Gasteiger charge is -2.11. The fourth-order valence-corrected chi connectivity index (χ4v) is 0.782. The highest BCUT2D eigenvalue weighted by atomic mass is 80.0. The number of hydrogen-bond donors (Lipinski definition) is 0. The molecule has 11 heavy (non-hydrogen) atoms. The third-order valence-electron chi connectivity index (χ3n) is 0.851. The van der Waals surface area contributed by atoms with Gasteiger partial charge in [0.05, 0.1) is 0 Å². The van der Waals surface area contributed by atoms with Gasteiger partial charge in [-0.3, -0.25) is 4.79 Å². The summed E-state index contributed by atoms with van der Waals surface area (Å²) in [6.45, 7) is 2.21. The van der Waals surface area contributed by atoms with Gasteiger partial charge in [-0.25, -0.2) is 0 Å². The van der Waals surface area contributed by atoms with E-state index in [9.17, 15) is 4.79 Å². The Balaban J connectivity index is 3.46. The van der Waals surface area contributed by atoms with Crippen molar-refractivity contribution in [2.75, 3.05) is 6.61 Å². The van der Waals surface area contributed by atoms with Gasteiger partial charge < -0.3 is 4.74 Å². The second-order valence-corrected chi connectivity index (χ2v) is 9.28. The highest BCUT2D eigenvalue weighted by molar-refractivity contribution is 9.39. The van der Waals surface area contributed by atoms with Gasteiger partial charge in [0.15, 0.2) is 2.14 Å². The molecule has 0 amide bonds. The first-order valence-corrected chi connectivity index (χ1v) is 5.56. The number of carbonyl (C=O) groups is 1. The maximum Gasteiger partial charge on any atom is 0.305 e. The fourth-order valence-electron chi connectivity index (χ4n) is 0.439. The molecule has 0 saturated carbocycles. The number of alkyl halides is 3. The number of rotatable bonds is 3. The Labute approximate surface area is 91.4 Å². The summed E-state index contributed by atoms with van der Waals surface area (Å²) in [5, 5.41) is 0. The highest BCUT2D eigenvalue weighted by Gasteiger charge is 2.19. The monoisotopic (exact) mass is 350 g/mol. The van der Waals surface area contributed by atoms with Crippen molar-refractivity contribution in [3.8, 4) is 0 Å². The summed E-state index contributed by atoms with van der Waals surface area (Å²) in [5.74, 6) is -0.171. The van der Waals surface area contributed by atoms with E-state index in [0.29, 0.717) is 6.42 Å². The van der Waals surface area contributed by atoms with Crippen LogP contribution < -0.4 is 0 Å². The molecule has 0 aromatic carbocycles. The van der Waals surface area contributed by atoms with Crippen LogP contribution >= 0.6 is 47.8 Å². The lowest BCUT2D eigenvalue weighted by Crippen LogP contribution is -2.15. The van der Waals surface area contributed by atoms with E-state index in [2.05, 4.69) is 47.8 Å². The Hall–Kier alpha value is 0.910. The maximum absolute atomic E-state index is 10.8. The quantitative estimate of drug-likeness (QED) is 0.576. The predicted octanol–water partition coefficient (Wildman–Crippen LogP) is 3.17. The molecule has 0 aliphatic rings. The summed E-state index contributed by atoms with van der Waals surface area (Å²) >= 11 is 9.64. The molecule has 0 radical (unpaired) electrons. The van der Waals surface area contributed by atoms with Gasteiger partial charge in [-0.05, 0) is 6.42 Å². The molecule has 0 N–H and O–H groups in total. The Kier molecular flexibility index (Phi) is 6.00. The van der Waals surface area contributed by atoms with Gasteiger partial charge in [0.2, 0.25) is 0 Å². The largest absolute Gasteiger partial charge is 0.462 e. The molecule has 0 heterocycles. The van der Waals surface area contributed by atoms with Crippen LogP contribution in [0.1, 0.15) is 19.8 Å². The second-order valence-electron chi connectivity index (χ2n) is 2.03. The van der Waals surface area contributed by atoms with Crippen LogP contribution in [-0.4, -0.2) is 14.7 Å². The number of hydrogen-bond acceptors (Lipinski definition) is 2. The Morgan fingerprint density at radius 1 is 1.45 bits per heavy atom. The van der Waals surface area contributed by atoms with E-state index in [-0.39, 0.29) is 12.6 Å². The van der Waals surface area contributed by atoms with Crippen LogP contribution in [-0.2, 0) is 9.53 Å². The minimum atomic E-state index is -0.476. The molecule has 0 fully saturated rings. The highest BCUT2D eigenvalue weighted by Crippen LogP contribution is 2.33. The zero-order valence-corrected chi connectivity index (χ0v) is 10.8. The molecule has 0 aromatic heterocycles. The van der Waals surface area contributed by atoms with Crippen molar-refractivity contribution in [1.82, 2.24) is 0 Å². The van der Waals surface area contributed by atoms with Crippen molar-refractivity contribution in [3.63, 3.8) is 0 Å². The van der Waals surface area contributed by atoms with E-state index in [0.717, 1.165) is 6.42 Å². The van der Waals surface area contributed by atoms with Crippen LogP contribution in [0.25, 0.3) is 0 Å². The summed E-state index contributed by atoms with van der Waals surface area (Å²) < 4.78 is 4.39. The number of halogens is 3. The molecule has 0 aliphatic heterocycles. The molecule has 0 bridgehead atoms. The first kappa shape index (κ1) is 11.9. The fraction of sp³-hybridized carbons (Fsp3) is 0.833. The summed E-state index contributed by atoms with van der Waals surface area (Å²) in [7, 11) is 0. The third-order valence-corrected chi connectivity index (χ3v) is 1.54. The van der Waals surface area contributed by atoms with Crippen LogP contribution in [0, 0.1) is 0 Å². The van der Waals surface area contributed by atoms with Crippen LogP contribution in [0.5, 0.6) is 0 Å². The molecule has 0 rings (SSSR count). The molecular formula is C6H9Br3O2. The van der Waals surface area contributed by atoms with E-state index < -0.39 is 2.14 Å². The van der Waals surface area contributed by atoms with Crippen molar-refractivity contribution in [1.29, 1.82) is 0 Å². The minimum Gasteiger partial charge on any atom is -0.462 e. The van der Waals surface area contributed by atoms with Crippen molar-refractivity contribution >= 4 is 53.8 Å². The van der Waals surface area contributed by atoms with Gasteiger partial charge in [-0.2, -0.15) is 0 Å². The molecule has 0 unspecified atom stereocenters. The van der Waals surface area contributed by atoms with Crippen molar-refractivity contribution in [2.24, 2.45) is 0 Å². The molecule has 0 aromatic rings. The lowest BCUT2D eigenvalue weighted by atomic mass is 10.3. The van der Waals surface area contributed by atoms with Crippen LogP contribution in [0.4, 0.5) is 0 Å². The number of esters is 1. The van der Waals surface area contributed by atoms with Crippen molar-refractivity contribution < 1.29 is 9.53 Å². The van der Waals surface area contributed by atoms with Gasteiger partial charge in [-0.15, -0.1) is 0 Å². The van der Waals surface area contributed by atoms with Gasteiger partial charge >= 0.3 is 5.97 Å².